The summed E-state index contributed by atoms with van der Waals surface area (Å²) in [4.78, 5) is 8.74. The molecule has 14 heavy (non-hydrogen) atoms. The minimum Gasteiger partial charge on any atom is -0.285 e. The van der Waals surface area contributed by atoms with Gasteiger partial charge >= 0.3 is 0 Å². The first-order valence-electron chi connectivity index (χ1n) is 4.63. The van der Waals surface area contributed by atoms with Crippen molar-refractivity contribution in [2.24, 2.45) is 0 Å². The topological polar surface area (TPSA) is 54.5 Å². The van der Waals surface area contributed by atoms with Crippen LogP contribution in [0.3, 0.4) is 0 Å². The van der Waals surface area contributed by atoms with Gasteiger partial charge in [0.2, 0.25) is 0 Å². The molecule has 4 nitrogen and oxygen atoms in total. The van der Waals surface area contributed by atoms with Gasteiger partial charge in [0.25, 0.3) is 0 Å². The predicted octanol–water partition coefficient (Wildman–Crippen LogP) is 1.74. The third-order valence-corrected chi connectivity index (χ3v) is 2.01. The largest absolute Gasteiger partial charge is 0.285 e. The van der Waals surface area contributed by atoms with E-state index < -0.39 is 0 Å². The SMILES string of the molecule is CCc1nc(C)cc(-c2cn[nH]c2)n1. The number of aryl methyl sites for hydroxylation is 2. The average Bonchev–Trinajstić information content (AvgIpc) is 2.69. The van der Waals surface area contributed by atoms with E-state index in [9.17, 15) is 0 Å². The Bertz CT molecular complexity index is 420. The van der Waals surface area contributed by atoms with Crippen LogP contribution in [0, 0.1) is 6.92 Å². The summed E-state index contributed by atoms with van der Waals surface area (Å²) in [5.41, 5.74) is 2.93. The fourth-order valence-corrected chi connectivity index (χ4v) is 1.33. The second kappa shape index (κ2) is 3.57. The molecule has 0 unspecified atom stereocenters. The fraction of sp³-hybridized carbons (Fsp3) is 0.300. The van der Waals surface area contributed by atoms with E-state index >= 15 is 0 Å². The van der Waals surface area contributed by atoms with Crippen molar-refractivity contribution in [3.05, 3.63) is 30.0 Å². The summed E-state index contributed by atoms with van der Waals surface area (Å²) in [5.74, 6) is 0.876. The lowest BCUT2D eigenvalue weighted by molar-refractivity contribution is 0.921. The first-order chi connectivity index (χ1) is 6.79. The number of hydrogen-bond acceptors (Lipinski definition) is 3. The van der Waals surface area contributed by atoms with Crippen molar-refractivity contribution in [1.29, 1.82) is 0 Å². The Morgan fingerprint density at radius 3 is 2.86 bits per heavy atom. The molecular formula is C10H12N4. The molecule has 0 atom stereocenters. The van der Waals surface area contributed by atoms with E-state index in [1.165, 1.54) is 0 Å². The van der Waals surface area contributed by atoms with Crippen molar-refractivity contribution < 1.29 is 0 Å². The second-order valence-electron chi connectivity index (χ2n) is 3.15. The van der Waals surface area contributed by atoms with Gasteiger partial charge < -0.3 is 0 Å². The molecule has 2 heterocycles. The normalized spacial score (nSPS) is 10.4. The highest BCUT2D eigenvalue weighted by molar-refractivity contribution is 5.56. The molecule has 1 N–H and O–H groups in total. The van der Waals surface area contributed by atoms with E-state index in [0.29, 0.717) is 0 Å². The number of hydrogen-bond donors (Lipinski definition) is 1. The van der Waals surface area contributed by atoms with Crippen LogP contribution in [0.4, 0.5) is 0 Å². The minimum absolute atomic E-state index is 0.854. The molecule has 0 aliphatic heterocycles. The second-order valence-corrected chi connectivity index (χ2v) is 3.15. The van der Waals surface area contributed by atoms with Gasteiger partial charge in [0.15, 0.2) is 0 Å². The van der Waals surface area contributed by atoms with Gasteiger partial charge in [-0.15, -0.1) is 0 Å². The van der Waals surface area contributed by atoms with Crippen LogP contribution in [0.25, 0.3) is 11.3 Å². The lowest BCUT2D eigenvalue weighted by Gasteiger charge is -2.01. The Morgan fingerprint density at radius 2 is 2.21 bits per heavy atom. The van der Waals surface area contributed by atoms with Crippen molar-refractivity contribution in [3.63, 3.8) is 0 Å². The summed E-state index contributed by atoms with van der Waals surface area (Å²) in [5, 5.41) is 6.67. The van der Waals surface area contributed by atoms with Crippen molar-refractivity contribution in [2.45, 2.75) is 20.3 Å². The van der Waals surface area contributed by atoms with Crippen molar-refractivity contribution in [3.8, 4) is 11.3 Å². The van der Waals surface area contributed by atoms with E-state index in [1.807, 2.05) is 26.1 Å². The van der Waals surface area contributed by atoms with Gasteiger partial charge in [-0.3, -0.25) is 5.10 Å². The predicted molar refractivity (Wildman–Crippen MR) is 53.7 cm³/mol. The highest BCUT2D eigenvalue weighted by Gasteiger charge is 2.03. The van der Waals surface area contributed by atoms with E-state index in [2.05, 4.69) is 20.2 Å². The van der Waals surface area contributed by atoms with Gasteiger partial charge in [0.1, 0.15) is 5.82 Å². The van der Waals surface area contributed by atoms with Gasteiger partial charge in [-0.1, -0.05) is 6.92 Å². The third kappa shape index (κ3) is 1.64. The smallest absolute Gasteiger partial charge is 0.128 e. The van der Waals surface area contributed by atoms with Crippen LogP contribution < -0.4 is 0 Å². The summed E-state index contributed by atoms with van der Waals surface area (Å²) < 4.78 is 0. The van der Waals surface area contributed by atoms with Gasteiger partial charge in [0.05, 0.1) is 11.9 Å². The fourth-order valence-electron chi connectivity index (χ4n) is 1.33. The molecule has 2 rings (SSSR count). The molecule has 4 heteroatoms. The van der Waals surface area contributed by atoms with E-state index in [1.54, 1.807) is 6.20 Å². The van der Waals surface area contributed by atoms with Crippen LogP contribution in [0.15, 0.2) is 18.5 Å². The van der Waals surface area contributed by atoms with Crippen molar-refractivity contribution >= 4 is 0 Å². The van der Waals surface area contributed by atoms with Crippen molar-refractivity contribution in [1.82, 2.24) is 20.2 Å². The quantitative estimate of drug-likeness (QED) is 0.781. The first-order valence-corrected chi connectivity index (χ1v) is 4.63. The molecule has 0 saturated carbocycles. The summed E-state index contributed by atoms with van der Waals surface area (Å²) in [6.45, 7) is 4.03. The monoisotopic (exact) mass is 188 g/mol. The number of H-pyrrole nitrogens is 1. The van der Waals surface area contributed by atoms with Crippen molar-refractivity contribution in [2.75, 3.05) is 0 Å². The summed E-state index contributed by atoms with van der Waals surface area (Å²) in [6, 6.07) is 1.96. The molecule has 0 radical (unpaired) electrons. The molecule has 0 aliphatic rings. The highest BCUT2D eigenvalue weighted by atomic mass is 15.1. The first kappa shape index (κ1) is 8.87. The maximum absolute atomic E-state index is 4.42. The lowest BCUT2D eigenvalue weighted by atomic mass is 10.2. The van der Waals surface area contributed by atoms with E-state index in [0.717, 1.165) is 29.2 Å². The van der Waals surface area contributed by atoms with Crippen LogP contribution in [-0.4, -0.2) is 20.2 Å². The highest BCUT2D eigenvalue weighted by Crippen LogP contribution is 2.15. The molecule has 72 valence electrons. The van der Waals surface area contributed by atoms with Crippen LogP contribution in [0.2, 0.25) is 0 Å². The summed E-state index contributed by atoms with van der Waals surface area (Å²) in [6.07, 6.45) is 4.45. The number of rotatable bonds is 2. The Balaban J connectivity index is 2.48. The number of nitrogens with one attached hydrogen (secondary N) is 1. The zero-order valence-electron chi connectivity index (χ0n) is 8.28. The van der Waals surface area contributed by atoms with E-state index in [4.69, 9.17) is 0 Å². The van der Waals surface area contributed by atoms with Gasteiger partial charge in [-0.05, 0) is 13.0 Å². The third-order valence-electron chi connectivity index (χ3n) is 2.01. The number of aromatic amines is 1. The zero-order valence-corrected chi connectivity index (χ0v) is 8.28. The molecule has 0 spiro atoms. The zero-order chi connectivity index (χ0) is 9.97. The van der Waals surface area contributed by atoms with E-state index in [-0.39, 0.29) is 0 Å². The molecule has 0 aliphatic carbocycles. The maximum atomic E-state index is 4.42. The Hall–Kier alpha value is -1.71. The number of nitrogens with zero attached hydrogens (tertiary/aromatic N) is 3. The van der Waals surface area contributed by atoms with Crippen LogP contribution in [-0.2, 0) is 6.42 Å². The van der Waals surface area contributed by atoms with Crippen LogP contribution in [0.5, 0.6) is 0 Å². The van der Waals surface area contributed by atoms with Gasteiger partial charge in [0, 0.05) is 23.9 Å². The Morgan fingerprint density at radius 1 is 1.36 bits per heavy atom. The molecule has 2 aromatic heterocycles. The summed E-state index contributed by atoms with van der Waals surface area (Å²) in [7, 11) is 0. The van der Waals surface area contributed by atoms with Gasteiger partial charge in [-0.2, -0.15) is 5.10 Å². The molecule has 0 amide bonds. The average molecular weight is 188 g/mol. The summed E-state index contributed by atoms with van der Waals surface area (Å²) >= 11 is 0. The van der Waals surface area contributed by atoms with Crippen LogP contribution >= 0.6 is 0 Å². The Kier molecular flexibility index (Phi) is 2.26. The molecule has 0 aromatic carbocycles. The molecule has 2 aromatic rings. The minimum atomic E-state index is 0.854. The standard InChI is InChI=1S/C10H12N4/c1-3-10-13-7(2)4-9(14-10)8-5-11-12-6-8/h4-6H,3H2,1-2H3,(H,11,12). The molecule has 0 fully saturated rings. The molecule has 0 bridgehead atoms. The lowest BCUT2D eigenvalue weighted by Crippen LogP contribution is -1.96. The van der Waals surface area contributed by atoms with Gasteiger partial charge in [-0.25, -0.2) is 9.97 Å². The molecule has 0 saturated heterocycles. The Labute approximate surface area is 82.4 Å². The maximum Gasteiger partial charge on any atom is 0.128 e. The molecular weight excluding hydrogens is 176 g/mol. The number of aromatic nitrogens is 4. The van der Waals surface area contributed by atoms with Crippen LogP contribution in [0.1, 0.15) is 18.4 Å².